The van der Waals surface area contributed by atoms with E-state index in [9.17, 15) is 0 Å². The lowest BCUT2D eigenvalue weighted by molar-refractivity contribution is 0.0656. The summed E-state index contributed by atoms with van der Waals surface area (Å²) in [7, 11) is 0. The lowest BCUT2D eigenvalue weighted by atomic mass is 9.50. The molecular weight excluding hydrogens is 468 g/mol. The highest BCUT2D eigenvalue weighted by molar-refractivity contribution is 5.38. The maximum atomic E-state index is 2.65. The molecule has 0 nitrogen and oxygen atoms in total. The molecule has 0 radical (unpaired) electrons. The third-order valence-corrected chi connectivity index (χ3v) is 9.21. The summed E-state index contributed by atoms with van der Waals surface area (Å²) in [5.41, 5.74) is 4.67. The van der Waals surface area contributed by atoms with Crippen LogP contribution in [0.25, 0.3) is 0 Å². The molecule has 0 aromatic carbocycles. The molecule has 4 aliphatic carbocycles. The highest BCUT2D eigenvalue weighted by Crippen LogP contribution is 2.65. The third-order valence-electron chi connectivity index (χ3n) is 9.21. The van der Waals surface area contributed by atoms with Gasteiger partial charge in [0.1, 0.15) is 0 Å². The Morgan fingerprint density at radius 2 is 1.31 bits per heavy atom. The molecule has 4 rings (SSSR count). The van der Waals surface area contributed by atoms with Crippen molar-refractivity contribution in [1.82, 2.24) is 0 Å². The minimum atomic E-state index is 0. The Morgan fingerprint density at radius 1 is 0.744 bits per heavy atom. The molecule has 0 heteroatoms. The van der Waals surface area contributed by atoms with Gasteiger partial charge < -0.3 is 0 Å². The molecule has 0 aromatic heterocycles. The molecule has 6 atom stereocenters. The van der Waals surface area contributed by atoms with Gasteiger partial charge in [0, 0.05) is 0 Å². The first-order chi connectivity index (χ1) is 17.8. The van der Waals surface area contributed by atoms with Crippen LogP contribution in [0.1, 0.15) is 176 Å². The Kier molecular flexibility index (Phi) is 27.7. The van der Waals surface area contributed by atoms with Crippen molar-refractivity contribution in [2.45, 2.75) is 176 Å². The number of hydrogen-bond acceptors (Lipinski definition) is 0. The van der Waals surface area contributed by atoms with Crippen LogP contribution in [0, 0.1) is 40.4 Å². The molecule has 0 amide bonds. The van der Waals surface area contributed by atoms with Crippen LogP contribution in [-0.4, -0.2) is 0 Å². The van der Waals surface area contributed by atoms with Gasteiger partial charge in [0.15, 0.2) is 0 Å². The quantitative estimate of drug-likeness (QED) is 0.306. The van der Waals surface area contributed by atoms with E-state index in [0.29, 0.717) is 10.8 Å². The highest BCUT2D eigenvalue weighted by Gasteiger charge is 2.55. The van der Waals surface area contributed by atoms with Crippen molar-refractivity contribution in [2.75, 3.05) is 0 Å². The van der Waals surface area contributed by atoms with Crippen molar-refractivity contribution in [2.24, 2.45) is 40.4 Å². The van der Waals surface area contributed by atoms with E-state index >= 15 is 0 Å². The molecule has 236 valence electrons. The molecule has 0 N–H and O–H groups in total. The lowest BCUT2D eigenvalue weighted by Crippen LogP contribution is -2.45. The Balaban J connectivity index is -0.000000461. The summed E-state index contributed by atoms with van der Waals surface area (Å²) in [6.45, 7) is 32.4. The molecular formula is C39H80. The Labute approximate surface area is 252 Å². The van der Waals surface area contributed by atoms with E-state index in [0.717, 1.165) is 29.6 Å². The van der Waals surface area contributed by atoms with Crippen LogP contribution in [0.15, 0.2) is 35.5 Å². The van der Waals surface area contributed by atoms with Crippen LogP contribution in [0.3, 0.4) is 0 Å². The van der Waals surface area contributed by atoms with Gasteiger partial charge in [0.25, 0.3) is 0 Å². The maximum absolute atomic E-state index is 2.65. The summed E-state index contributed by atoms with van der Waals surface area (Å²) in [6, 6.07) is 0. The Hall–Kier alpha value is -0.780. The van der Waals surface area contributed by atoms with Gasteiger partial charge in [-0.15, -0.1) is 0 Å². The first-order valence-corrected chi connectivity index (χ1v) is 16.9. The average molecular weight is 549 g/mol. The predicted molar refractivity (Wildman–Crippen MR) is 188 cm³/mol. The van der Waals surface area contributed by atoms with E-state index < -0.39 is 0 Å². The molecule has 6 unspecified atom stereocenters. The number of fused-ring (bicyclic) bond motifs is 5. The smallest absolute Gasteiger partial charge is 0.00474 e. The summed E-state index contributed by atoms with van der Waals surface area (Å²) in [4.78, 5) is 0. The molecule has 0 aliphatic heterocycles. The summed E-state index contributed by atoms with van der Waals surface area (Å²) >= 11 is 0. The fraction of sp³-hybridized carbons (Fsp3) is 0.846. The van der Waals surface area contributed by atoms with Crippen molar-refractivity contribution in [1.29, 1.82) is 0 Å². The number of hydrogen-bond donors (Lipinski definition) is 0. The molecule has 0 saturated heterocycles. The zero-order valence-corrected chi connectivity index (χ0v) is 28.6. The minimum Gasteiger partial charge on any atom is -0.0883 e. The fourth-order valence-electron chi connectivity index (χ4n) is 7.31. The van der Waals surface area contributed by atoms with Crippen LogP contribution in [0.4, 0.5) is 0 Å². The summed E-state index contributed by atoms with van der Waals surface area (Å²) in [5.74, 6) is 4.28. The summed E-state index contributed by atoms with van der Waals surface area (Å²) in [6.07, 6.45) is 22.7. The van der Waals surface area contributed by atoms with E-state index in [1.54, 1.807) is 5.57 Å². The largest absolute Gasteiger partial charge is 0.0883 e. The summed E-state index contributed by atoms with van der Waals surface area (Å²) < 4.78 is 0. The normalized spacial score (nSPS) is 31.2. The maximum Gasteiger partial charge on any atom is -0.00474 e. The molecule has 39 heavy (non-hydrogen) atoms. The highest BCUT2D eigenvalue weighted by atomic mass is 14.6. The van der Waals surface area contributed by atoms with Gasteiger partial charge in [0.2, 0.25) is 0 Å². The first kappa shape index (κ1) is 45.2. The topological polar surface area (TPSA) is 0 Å². The fourth-order valence-corrected chi connectivity index (χ4v) is 7.31. The first-order valence-electron chi connectivity index (χ1n) is 16.9. The molecule has 0 heterocycles. The Bertz CT molecular complexity index is 647. The lowest BCUT2D eigenvalue weighted by Gasteiger charge is -2.55. The van der Waals surface area contributed by atoms with E-state index in [1.807, 2.05) is 74.8 Å². The Morgan fingerprint density at radius 3 is 1.85 bits per heavy atom. The predicted octanol–water partition coefficient (Wildman–Crippen LogP) is 14.5. The molecule has 0 bridgehead atoms. The van der Waals surface area contributed by atoms with E-state index in [-0.39, 0.29) is 14.9 Å². The van der Waals surface area contributed by atoms with Gasteiger partial charge in [-0.25, -0.2) is 0 Å². The average Bonchev–Trinajstić information content (AvgIpc) is 3.29. The van der Waals surface area contributed by atoms with E-state index in [1.165, 1.54) is 57.8 Å². The van der Waals surface area contributed by atoms with Crippen LogP contribution in [0.2, 0.25) is 0 Å². The zero-order chi connectivity index (χ0) is 29.2. The molecule has 4 aliphatic rings. The van der Waals surface area contributed by atoms with Crippen molar-refractivity contribution in [3.05, 3.63) is 35.5 Å². The number of allylic oxidation sites excluding steroid dienone is 6. The van der Waals surface area contributed by atoms with Gasteiger partial charge in [-0.3, -0.25) is 0 Å². The van der Waals surface area contributed by atoms with Gasteiger partial charge in [-0.2, -0.15) is 0 Å². The zero-order valence-electron chi connectivity index (χ0n) is 28.6. The second kappa shape index (κ2) is 23.9. The monoisotopic (exact) mass is 549 g/mol. The molecule has 0 aromatic rings. The third kappa shape index (κ3) is 11.2. The van der Waals surface area contributed by atoms with Crippen molar-refractivity contribution in [3.63, 3.8) is 0 Å². The van der Waals surface area contributed by atoms with Gasteiger partial charge >= 0.3 is 0 Å². The second-order valence-electron chi connectivity index (χ2n) is 11.4. The van der Waals surface area contributed by atoms with Crippen molar-refractivity contribution >= 4 is 0 Å². The van der Waals surface area contributed by atoms with Gasteiger partial charge in [-0.05, 0) is 98.2 Å². The van der Waals surface area contributed by atoms with Crippen LogP contribution in [0.5, 0.6) is 0 Å². The molecule has 3 fully saturated rings. The van der Waals surface area contributed by atoms with E-state index in [4.69, 9.17) is 0 Å². The van der Waals surface area contributed by atoms with E-state index in [2.05, 4.69) is 58.9 Å². The van der Waals surface area contributed by atoms with Crippen molar-refractivity contribution < 1.29 is 0 Å². The van der Waals surface area contributed by atoms with Gasteiger partial charge in [0.05, 0.1) is 0 Å². The van der Waals surface area contributed by atoms with Crippen LogP contribution in [-0.2, 0) is 0 Å². The standard InChI is InChI=1S/C27H42.5C2H6.2CH4/c1-19(2)8-6-7-9-21-11-13-24-23-12-10-22-18-20(3)14-16-27(22,5)25(23)15-17-26(21,24)4;5*1-2;;/h6-7,10,12,19-21,24-25H,8-9,11,13-18H2,1-5H3;5*1-2H3;2*1H4/b7-6+;;;;;;;. The van der Waals surface area contributed by atoms with Crippen molar-refractivity contribution in [3.8, 4) is 0 Å². The van der Waals surface area contributed by atoms with Gasteiger partial charge in [-0.1, -0.05) is 154 Å². The summed E-state index contributed by atoms with van der Waals surface area (Å²) in [5, 5.41) is 0. The SMILES string of the molecule is C.C.CC.CC.CC.CC.CC.CC(C)C/C=C/CC1CCC2C3=CC=C4CC(C)CCC4(C)C3CCC12C. The van der Waals surface area contributed by atoms with Crippen LogP contribution < -0.4 is 0 Å². The number of rotatable bonds is 4. The van der Waals surface area contributed by atoms with Crippen LogP contribution >= 0.6 is 0 Å². The molecule has 3 saturated carbocycles. The molecule has 0 spiro atoms. The second-order valence-corrected chi connectivity index (χ2v) is 11.4. The minimum absolute atomic E-state index is 0.